The lowest BCUT2D eigenvalue weighted by Crippen LogP contribution is -1.93. The Morgan fingerprint density at radius 1 is 1.12 bits per heavy atom. The van der Waals surface area contributed by atoms with Gasteiger partial charge in [0.1, 0.15) is 11.5 Å². The maximum Gasteiger partial charge on any atom is 0.140 e. The van der Waals surface area contributed by atoms with Gasteiger partial charge in [0, 0.05) is 10.6 Å². The second-order valence-corrected chi connectivity index (χ2v) is 5.04. The summed E-state index contributed by atoms with van der Waals surface area (Å²) in [6.07, 6.45) is 0. The first kappa shape index (κ1) is 12.7. The third kappa shape index (κ3) is 3.12. The summed E-state index contributed by atoms with van der Waals surface area (Å²) in [5.41, 5.74) is 0.678. The largest absolute Gasteiger partial charge is 0.456 e. The van der Waals surface area contributed by atoms with E-state index in [4.69, 9.17) is 16.3 Å². The van der Waals surface area contributed by atoms with Gasteiger partial charge < -0.3 is 9.84 Å². The molecule has 0 radical (unpaired) electrons. The average molecular weight is 361 g/mol. The van der Waals surface area contributed by atoms with E-state index in [9.17, 15) is 5.11 Å². The molecule has 0 saturated heterocycles. The molecule has 88 valence electrons. The Morgan fingerprint density at radius 2 is 1.88 bits per heavy atom. The van der Waals surface area contributed by atoms with Crippen LogP contribution in [0, 0.1) is 3.57 Å². The van der Waals surface area contributed by atoms with E-state index >= 15 is 0 Å². The van der Waals surface area contributed by atoms with Gasteiger partial charge in [0.25, 0.3) is 0 Å². The van der Waals surface area contributed by atoms with E-state index in [1.807, 2.05) is 24.3 Å². The molecule has 4 heteroatoms. The van der Waals surface area contributed by atoms with Gasteiger partial charge >= 0.3 is 0 Å². The smallest absolute Gasteiger partial charge is 0.140 e. The lowest BCUT2D eigenvalue weighted by Gasteiger charge is -2.11. The van der Waals surface area contributed by atoms with E-state index in [2.05, 4.69) is 22.6 Å². The van der Waals surface area contributed by atoms with Gasteiger partial charge in [-0.25, -0.2) is 0 Å². The highest BCUT2D eigenvalue weighted by atomic mass is 127. The van der Waals surface area contributed by atoms with Crippen molar-refractivity contribution < 1.29 is 9.84 Å². The molecule has 17 heavy (non-hydrogen) atoms. The van der Waals surface area contributed by atoms with Crippen LogP contribution < -0.4 is 4.74 Å². The molecule has 0 bridgehead atoms. The first-order valence-corrected chi connectivity index (χ1v) is 6.48. The van der Waals surface area contributed by atoms with Crippen molar-refractivity contribution in [1.82, 2.24) is 0 Å². The zero-order valence-corrected chi connectivity index (χ0v) is 11.8. The molecule has 1 N–H and O–H groups in total. The molecule has 2 rings (SSSR count). The summed E-state index contributed by atoms with van der Waals surface area (Å²) in [6.45, 7) is -0.0979. The van der Waals surface area contributed by atoms with Crippen LogP contribution in [-0.4, -0.2) is 5.11 Å². The summed E-state index contributed by atoms with van der Waals surface area (Å²) < 4.78 is 6.78. The molecule has 0 spiro atoms. The Kier molecular flexibility index (Phi) is 4.25. The van der Waals surface area contributed by atoms with Crippen molar-refractivity contribution in [2.24, 2.45) is 0 Å². The standard InChI is InChI=1S/C13H10ClIO2/c14-10-5-6-12(9(7-10)8-16)17-13-4-2-1-3-11(13)15/h1-7,16H,8H2. The van der Waals surface area contributed by atoms with Gasteiger partial charge in [0.15, 0.2) is 0 Å². The molecule has 2 aromatic rings. The Labute approximate surface area is 118 Å². The maximum atomic E-state index is 9.25. The first-order chi connectivity index (χ1) is 8.20. The monoisotopic (exact) mass is 360 g/mol. The third-order valence-corrected chi connectivity index (χ3v) is 3.38. The number of aliphatic hydroxyl groups excluding tert-OH is 1. The summed E-state index contributed by atoms with van der Waals surface area (Å²) >= 11 is 8.07. The second kappa shape index (κ2) is 5.71. The van der Waals surface area contributed by atoms with Crippen LogP contribution in [0.15, 0.2) is 42.5 Å². The molecule has 0 fully saturated rings. The van der Waals surface area contributed by atoms with E-state index < -0.39 is 0 Å². The lowest BCUT2D eigenvalue weighted by atomic mass is 10.2. The first-order valence-electron chi connectivity index (χ1n) is 5.02. The Balaban J connectivity index is 2.33. The van der Waals surface area contributed by atoms with E-state index in [0.29, 0.717) is 16.3 Å². The van der Waals surface area contributed by atoms with Gasteiger partial charge in [-0.15, -0.1) is 0 Å². The molecular formula is C13H10ClIO2. The third-order valence-electron chi connectivity index (χ3n) is 2.25. The fraction of sp³-hybridized carbons (Fsp3) is 0.0769. The number of benzene rings is 2. The van der Waals surface area contributed by atoms with Crippen molar-refractivity contribution in [3.63, 3.8) is 0 Å². The lowest BCUT2D eigenvalue weighted by molar-refractivity contribution is 0.276. The van der Waals surface area contributed by atoms with E-state index in [0.717, 1.165) is 9.32 Å². The summed E-state index contributed by atoms with van der Waals surface area (Å²) in [7, 11) is 0. The van der Waals surface area contributed by atoms with Gasteiger partial charge in [0.05, 0.1) is 10.2 Å². The number of para-hydroxylation sites is 1. The molecule has 2 nitrogen and oxygen atoms in total. The molecule has 0 amide bonds. The SMILES string of the molecule is OCc1cc(Cl)ccc1Oc1ccccc1I. The molecule has 0 aromatic heterocycles. The molecule has 0 aliphatic carbocycles. The van der Waals surface area contributed by atoms with E-state index in [1.165, 1.54) is 0 Å². The number of halogens is 2. The van der Waals surface area contributed by atoms with Gasteiger partial charge in [-0.1, -0.05) is 23.7 Å². The zero-order chi connectivity index (χ0) is 12.3. The summed E-state index contributed by atoms with van der Waals surface area (Å²) in [4.78, 5) is 0. The molecule has 0 aliphatic heterocycles. The van der Waals surface area contributed by atoms with Crippen LogP contribution in [0.2, 0.25) is 5.02 Å². The van der Waals surface area contributed by atoms with Crippen LogP contribution in [-0.2, 0) is 6.61 Å². The molecule has 2 aromatic carbocycles. The van der Waals surface area contributed by atoms with Crippen molar-refractivity contribution in [2.45, 2.75) is 6.61 Å². The van der Waals surface area contributed by atoms with Crippen molar-refractivity contribution in [3.05, 3.63) is 56.6 Å². The number of hydrogen-bond acceptors (Lipinski definition) is 2. The fourth-order valence-electron chi connectivity index (χ4n) is 1.42. The number of hydrogen-bond donors (Lipinski definition) is 1. The molecular weight excluding hydrogens is 350 g/mol. The van der Waals surface area contributed by atoms with Crippen molar-refractivity contribution >= 4 is 34.2 Å². The van der Waals surface area contributed by atoms with Crippen molar-refractivity contribution in [1.29, 1.82) is 0 Å². The van der Waals surface area contributed by atoms with Crippen LogP contribution in [0.3, 0.4) is 0 Å². The zero-order valence-electron chi connectivity index (χ0n) is 8.86. The minimum Gasteiger partial charge on any atom is -0.456 e. The minimum absolute atomic E-state index is 0.0979. The molecule has 0 atom stereocenters. The van der Waals surface area contributed by atoms with Gasteiger partial charge in [-0.05, 0) is 52.9 Å². The molecule has 0 unspecified atom stereocenters. The Bertz CT molecular complexity index is 529. The summed E-state index contributed by atoms with van der Waals surface area (Å²) in [6, 6.07) is 12.9. The van der Waals surface area contributed by atoms with Crippen LogP contribution >= 0.6 is 34.2 Å². The highest BCUT2D eigenvalue weighted by Gasteiger charge is 2.07. The number of ether oxygens (including phenoxy) is 1. The number of rotatable bonds is 3. The second-order valence-electron chi connectivity index (χ2n) is 3.44. The van der Waals surface area contributed by atoms with Crippen molar-refractivity contribution in [3.8, 4) is 11.5 Å². The van der Waals surface area contributed by atoms with Crippen LogP contribution in [0.1, 0.15) is 5.56 Å². The fourth-order valence-corrected chi connectivity index (χ4v) is 2.11. The van der Waals surface area contributed by atoms with Gasteiger partial charge in [0.2, 0.25) is 0 Å². The van der Waals surface area contributed by atoms with Crippen LogP contribution in [0.4, 0.5) is 0 Å². The van der Waals surface area contributed by atoms with Gasteiger partial charge in [-0.3, -0.25) is 0 Å². The summed E-state index contributed by atoms with van der Waals surface area (Å²) in [5.74, 6) is 1.39. The molecule has 0 saturated carbocycles. The Hall–Kier alpha value is -0.780. The normalized spacial score (nSPS) is 10.3. The highest BCUT2D eigenvalue weighted by Crippen LogP contribution is 2.30. The highest BCUT2D eigenvalue weighted by molar-refractivity contribution is 14.1. The van der Waals surface area contributed by atoms with E-state index in [-0.39, 0.29) is 6.61 Å². The van der Waals surface area contributed by atoms with Crippen LogP contribution in [0.25, 0.3) is 0 Å². The van der Waals surface area contributed by atoms with Gasteiger partial charge in [-0.2, -0.15) is 0 Å². The quantitative estimate of drug-likeness (QED) is 0.830. The molecule has 0 heterocycles. The van der Waals surface area contributed by atoms with E-state index in [1.54, 1.807) is 18.2 Å². The number of aliphatic hydroxyl groups is 1. The van der Waals surface area contributed by atoms with Crippen LogP contribution in [0.5, 0.6) is 11.5 Å². The summed E-state index contributed by atoms with van der Waals surface area (Å²) in [5, 5.41) is 9.84. The Morgan fingerprint density at radius 3 is 2.59 bits per heavy atom. The minimum atomic E-state index is -0.0979. The average Bonchev–Trinajstić information content (AvgIpc) is 2.34. The predicted molar refractivity (Wildman–Crippen MR) is 76.6 cm³/mol. The van der Waals surface area contributed by atoms with Crippen molar-refractivity contribution in [2.75, 3.05) is 0 Å². The predicted octanol–water partition coefficient (Wildman–Crippen LogP) is 4.23. The molecule has 0 aliphatic rings. The topological polar surface area (TPSA) is 29.5 Å². The maximum absolute atomic E-state index is 9.25.